The highest BCUT2D eigenvalue weighted by atomic mass is 16.4. The Balaban J connectivity index is 2.47. The summed E-state index contributed by atoms with van der Waals surface area (Å²) in [6.45, 7) is 0.423. The highest BCUT2D eigenvalue weighted by Crippen LogP contribution is 1.86. The third kappa shape index (κ3) is 1.77. The van der Waals surface area contributed by atoms with E-state index in [1.54, 1.807) is 12.3 Å². The van der Waals surface area contributed by atoms with Gasteiger partial charge in [-0.1, -0.05) is 0 Å². The van der Waals surface area contributed by atoms with Crippen molar-refractivity contribution in [1.82, 2.24) is 10.6 Å². The van der Waals surface area contributed by atoms with E-state index in [4.69, 9.17) is 5.11 Å². The van der Waals surface area contributed by atoms with E-state index in [-0.39, 0.29) is 0 Å². The number of allylic oxidation sites excluding steroid dienone is 1. The van der Waals surface area contributed by atoms with Gasteiger partial charge in [0.1, 0.15) is 12.5 Å². The maximum atomic E-state index is 10.0. The monoisotopic (exact) mass is 141 g/mol. The molecule has 3 N–H and O–H groups in total. The van der Waals surface area contributed by atoms with Gasteiger partial charge in [-0.15, -0.1) is 0 Å². The molecule has 0 saturated heterocycles. The van der Waals surface area contributed by atoms with Crippen LogP contribution in [0.2, 0.25) is 0 Å². The Bertz CT molecular complexity index is 197. The molecule has 0 bridgehead atoms. The Morgan fingerprint density at radius 1 is 1.90 bits per heavy atom. The first-order chi connectivity index (χ1) is 4.79. The van der Waals surface area contributed by atoms with Gasteiger partial charge in [0.2, 0.25) is 0 Å². The minimum atomic E-state index is -1.07. The fraction of sp³-hybridized carbons (Fsp3) is 0.200. The molecule has 1 rings (SSSR count). The first-order valence-electron chi connectivity index (χ1n) is 2.73. The highest BCUT2D eigenvalue weighted by Gasteiger charge is 2.00. The number of hydrogen-bond donors (Lipinski definition) is 3. The lowest BCUT2D eigenvalue weighted by atomic mass is 10.5. The molecule has 0 aliphatic carbocycles. The largest absolute Gasteiger partial charge is 0.465 e. The van der Waals surface area contributed by atoms with Crippen LogP contribution >= 0.6 is 0 Å². The van der Waals surface area contributed by atoms with Gasteiger partial charge in [0.05, 0.1) is 0 Å². The van der Waals surface area contributed by atoms with E-state index in [1.807, 2.05) is 0 Å². The zero-order valence-electron chi connectivity index (χ0n) is 5.16. The number of carbonyl (C=O) groups is 1. The minimum absolute atomic E-state index is 0.423. The van der Waals surface area contributed by atoms with Crippen LogP contribution in [-0.4, -0.2) is 24.1 Å². The number of carboxylic acid groups (broad SMARTS) is 1. The second-order valence-electron chi connectivity index (χ2n) is 1.68. The number of rotatable bonds is 1. The number of nitrogens with one attached hydrogen (secondary N) is 2. The molecule has 0 saturated carbocycles. The Labute approximate surface area is 57.5 Å². The van der Waals surface area contributed by atoms with E-state index in [1.165, 1.54) is 0 Å². The molecule has 0 radical (unpaired) electrons. The van der Waals surface area contributed by atoms with Crippen molar-refractivity contribution in [3.05, 3.63) is 11.9 Å². The van der Waals surface area contributed by atoms with Crippen molar-refractivity contribution in [2.24, 2.45) is 4.99 Å². The maximum Gasteiger partial charge on any atom is 0.410 e. The van der Waals surface area contributed by atoms with Gasteiger partial charge in [-0.25, -0.2) is 4.79 Å². The van der Waals surface area contributed by atoms with Gasteiger partial charge in [-0.05, 0) is 6.08 Å². The van der Waals surface area contributed by atoms with Crippen LogP contribution in [0.4, 0.5) is 4.79 Å². The molecule has 5 heteroatoms. The zero-order valence-corrected chi connectivity index (χ0v) is 5.16. The van der Waals surface area contributed by atoms with Gasteiger partial charge in [-0.2, -0.15) is 0 Å². The second-order valence-corrected chi connectivity index (χ2v) is 1.68. The molecule has 0 spiro atoms. The molecular formula is C5H7N3O2. The van der Waals surface area contributed by atoms with E-state index >= 15 is 0 Å². The molecule has 1 heterocycles. The Kier molecular flexibility index (Phi) is 1.89. The number of nitrogens with zero attached hydrogens (tertiary/aromatic N) is 1. The van der Waals surface area contributed by atoms with E-state index in [9.17, 15) is 4.79 Å². The zero-order chi connectivity index (χ0) is 7.40. The topological polar surface area (TPSA) is 73.7 Å². The van der Waals surface area contributed by atoms with Gasteiger partial charge in [0, 0.05) is 6.21 Å². The van der Waals surface area contributed by atoms with Gasteiger partial charge >= 0.3 is 6.09 Å². The SMILES string of the molecule is O=C(O)NC1=CC=NCN1. The predicted octanol–water partition coefficient (Wildman–Crippen LogP) is -0.273. The Morgan fingerprint density at radius 3 is 3.20 bits per heavy atom. The molecule has 1 amide bonds. The fourth-order valence-corrected chi connectivity index (χ4v) is 0.571. The van der Waals surface area contributed by atoms with Gasteiger partial charge in [0.25, 0.3) is 0 Å². The first-order valence-corrected chi connectivity index (χ1v) is 2.73. The van der Waals surface area contributed by atoms with Crippen LogP contribution in [0.15, 0.2) is 16.9 Å². The quantitative estimate of drug-likeness (QED) is 0.470. The molecule has 54 valence electrons. The van der Waals surface area contributed by atoms with E-state index in [0.29, 0.717) is 12.5 Å². The summed E-state index contributed by atoms with van der Waals surface area (Å²) in [4.78, 5) is 13.8. The number of aliphatic imine (C=N–C) groups is 1. The van der Waals surface area contributed by atoms with Gasteiger partial charge in [-0.3, -0.25) is 10.3 Å². The lowest BCUT2D eigenvalue weighted by molar-refractivity contribution is 0.197. The first kappa shape index (κ1) is 6.60. The standard InChI is InChI=1S/C5H7N3O2/c9-5(10)8-4-1-2-6-3-7-4/h1-2,7-8H,3H2,(H,9,10). The summed E-state index contributed by atoms with van der Waals surface area (Å²) in [5.41, 5.74) is 0. The van der Waals surface area contributed by atoms with E-state index in [0.717, 1.165) is 0 Å². The fourth-order valence-electron chi connectivity index (χ4n) is 0.571. The Hall–Kier alpha value is -1.52. The second kappa shape index (κ2) is 2.86. The molecule has 0 fully saturated rings. The van der Waals surface area contributed by atoms with Crippen LogP contribution in [-0.2, 0) is 0 Å². The molecule has 0 unspecified atom stereocenters. The van der Waals surface area contributed by atoms with Crippen LogP contribution in [0.5, 0.6) is 0 Å². The minimum Gasteiger partial charge on any atom is -0.465 e. The summed E-state index contributed by atoms with van der Waals surface area (Å²) in [7, 11) is 0. The molecular weight excluding hydrogens is 134 g/mol. The van der Waals surface area contributed by atoms with Crippen LogP contribution < -0.4 is 10.6 Å². The summed E-state index contributed by atoms with van der Waals surface area (Å²) >= 11 is 0. The number of amides is 1. The maximum absolute atomic E-state index is 10.0. The molecule has 0 atom stereocenters. The molecule has 0 aromatic heterocycles. The van der Waals surface area contributed by atoms with E-state index in [2.05, 4.69) is 15.6 Å². The van der Waals surface area contributed by atoms with Crippen LogP contribution in [0.25, 0.3) is 0 Å². The third-order valence-corrected chi connectivity index (χ3v) is 0.949. The van der Waals surface area contributed by atoms with Crippen LogP contribution in [0.1, 0.15) is 0 Å². The molecule has 10 heavy (non-hydrogen) atoms. The normalized spacial score (nSPS) is 15.4. The van der Waals surface area contributed by atoms with Crippen molar-refractivity contribution < 1.29 is 9.90 Å². The van der Waals surface area contributed by atoms with Crippen molar-refractivity contribution in [2.45, 2.75) is 0 Å². The average molecular weight is 141 g/mol. The smallest absolute Gasteiger partial charge is 0.410 e. The van der Waals surface area contributed by atoms with Crippen molar-refractivity contribution >= 4 is 12.3 Å². The van der Waals surface area contributed by atoms with E-state index < -0.39 is 6.09 Å². The molecule has 0 aromatic carbocycles. The summed E-state index contributed by atoms with van der Waals surface area (Å²) in [6.07, 6.45) is 2.02. The summed E-state index contributed by atoms with van der Waals surface area (Å²) in [5, 5.41) is 13.1. The molecule has 5 nitrogen and oxygen atoms in total. The number of hydrogen-bond acceptors (Lipinski definition) is 3. The Morgan fingerprint density at radius 2 is 2.70 bits per heavy atom. The summed E-state index contributed by atoms with van der Waals surface area (Å²) in [6, 6.07) is 0. The summed E-state index contributed by atoms with van der Waals surface area (Å²) < 4.78 is 0. The van der Waals surface area contributed by atoms with Crippen molar-refractivity contribution in [3.63, 3.8) is 0 Å². The van der Waals surface area contributed by atoms with Crippen molar-refractivity contribution in [1.29, 1.82) is 0 Å². The molecule has 1 aliphatic rings. The summed E-state index contributed by atoms with van der Waals surface area (Å²) in [5.74, 6) is 0.461. The van der Waals surface area contributed by atoms with Crippen molar-refractivity contribution in [2.75, 3.05) is 6.67 Å². The third-order valence-electron chi connectivity index (χ3n) is 0.949. The predicted molar refractivity (Wildman–Crippen MR) is 35.7 cm³/mol. The van der Waals surface area contributed by atoms with Crippen LogP contribution in [0, 0.1) is 0 Å². The lowest BCUT2D eigenvalue weighted by Crippen LogP contribution is -2.31. The lowest BCUT2D eigenvalue weighted by Gasteiger charge is -2.09. The van der Waals surface area contributed by atoms with Crippen LogP contribution in [0.3, 0.4) is 0 Å². The van der Waals surface area contributed by atoms with Gasteiger partial charge in [0.15, 0.2) is 0 Å². The van der Waals surface area contributed by atoms with Gasteiger partial charge < -0.3 is 10.4 Å². The average Bonchev–Trinajstić information content (AvgIpc) is 1.88. The van der Waals surface area contributed by atoms with Crippen molar-refractivity contribution in [3.8, 4) is 0 Å². The highest BCUT2D eigenvalue weighted by molar-refractivity contribution is 5.75. The molecule has 1 aliphatic heterocycles. The molecule has 0 aromatic rings.